The first-order chi connectivity index (χ1) is 19.6. The molecule has 41 heavy (non-hydrogen) atoms. The van der Waals surface area contributed by atoms with Crippen molar-refractivity contribution in [3.05, 3.63) is 76.2 Å². The summed E-state index contributed by atoms with van der Waals surface area (Å²) in [5.41, 5.74) is 5.41. The maximum Gasteiger partial charge on any atom is 0.227 e. The largest absolute Gasteiger partial charge is 1.00 e. The molecule has 1 amide bonds. The third-order valence-electron chi connectivity index (χ3n) is 7.47. The molecule has 1 heterocycles. The van der Waals surface area contributed by atoms with Crippen molar-refractivity contribution in [2.45, 2.75) is 117 Å². The zero-order valence-electron chi connectivity index (χ0n) is 25.6. The van der Waals surface area contributed by atoms with Gasteiger partial charge in [0.15, 0.2) is 12.7 Å². The van der Waals surface area contributed by atoms with E-state index in [9.17, 15) is 4.79 Å². The Morgan fingerprint density at radius 1 is 0.780 bits per heavy atom. The highest BCUT2D eigenvalue weighted by molar-refractivity contribution is 7.09. The molecule has 226 valence electrons. The quantitative estimate of drug-likeness (QED) is 0.105. The average Bonchev–Trinajstić information content (AvgIpc) is 3.39. The minimum atomic E-state index is 0. The van der Waals surface area contributed by atoms with E-state index in [1.54, 1.807) is 11.3 Å². The summed E-state index contributed by atoms with van der Waals surface area (Å²) in [6.07, 6.45) is 18.8. The Morgan fingerprint density at radius 2 is 1.34 bits per heavy atom. The monoisotopic (exact) mass is 642 g/mol. The minimum Gasteiger partial charge on any atom is -1.00 e. The summed E-state index contributed by atoms with van der Waals surface area (Å²) in [5, 5.41) is 0. The normalized spacial score (nSPS) is 10.8. The van der Waals surface area contributed by atoms with Crippen LogP contribution >= 0.6 is 11.3 Å². The molecule has 3 aromatic rings. The molecule has 0 aliphatic rings. The van der Waals surface area contributed by atoms with Gasteiger partial charge in [-0.15, -0.1) is 0 Å². The molecule has 0 bridgehead atoms. The van der Waals surface area contributed by atoms with Crippen LogP contribution in [0.3, 0.4) is 0 Å². The first kappa shape index (κ1) is 35.0. The molecule has 0 aliphatic heterocycles. The Morgan fingerprint density at radius 3 is 1.88 bits per heavy atom. The number of aryl methyl sites for hydroxylation is 1. The molecule has 0 saturated heterocycles. The molecule has 0 radical (unpaired) electrons. The van der Waals surface area contributed by atoms with E-state index >= 15 is 0 Å². The maximum atomic E-state index is 12.8. The number of carbonyl (C=O) groups is 1. The van der Waals surface area contributed by atoms with E-state index in [1.807, 2.05) is 24.0 Å². The molecule has 0 spiro atoms. The topological polar surface area (TPSA) is 33.4 Å². The lowest BCUT2D eigenvalue weighted by Crippen LogP contribution is -3.00. The van der Waals surface area contributed by atoms with E-state index in [4.69, 9.17) is 4.74 Å². The van der Waals surface area contributed by atoms with Gasteiger partial charge in [-0.3, -0.25) is 4.79 Å². The van der Waals surface area contributed by atoms with Gasteiger partial charge in [0.25, 0.3) is 0 Å². The van der Waals surface area contributed by atoms with Crippen LogP contribution in [0.5, 0.6) is 5.75 Å². The van der Waals surface area contributed by atoms with Gasteiger partial charge in [0, 0.05) is 17.7 Å². The summed E-state index contributed by atoms with van der Waals surface area (Å²) >= 11 is 1.75. The van der Waals surface area contributed by atoms with Gasteiger partial charge in [-0.05, 0) is 43.2 Å². The van der Waals surface area contributed by atoms with Gasteiger partial charge in [-0.2, -0.15) is 4.57 Å². The molecular weight excluding hydrogens is 592 g/mol. The zero-order valence-corrected chi connectivity index (χ0v) is 28.0. The number of nitrogens with zero attached hydrogens (tertiary/aromatic N) is 2. The lowest BCUT2D eigenvalue weighted by molar-refractivity contribution is -0.683. The number of aromatic nitrogens is 1. The Labute approximate surface area is 263 Å². The number of thiazole rings is 1. The molecule has 3 rings (SSSR count). The third kappa shape index (κ3) is 13.6. The van der Waals surface area contributed by atoms with Gasteiger partial charge < -0.3 is 26.6 Å². The molecule has 6 heteroatoms. The van der Waals surface area contributed by atoms with Crippen molar-refractivity contribution in [2.75, 3.05) is 11.5 Å². The number of hydrogen-bond acceptors (Lipinski definition) is 3. The van der Waals surface area contributed by atoms with Crippen molar-refractivity contribution < 1.29 is 31.1 Å². The van der Waals surface area contributed by atoms with Crippen molar-refractivity contribution in [1.29, 1.82) is 0 Å². The molecule has 0 saturated carbocycles. The van der Waals surface area contributed by atoms with Gasteiger partial charge in [0.05, 0.1) is 18.0 Å². The molecule has 0 atom stereocenters. The van der Waals surface area contributed by atoms with Crippen LogP contribution in [0.1, 0.15) is 113 Å². The van der Waals surface area contributed by atoms with Crippen LogP contribution in [0, 0.1) is 6.92 Å². The van der Waals surface area contributed by atoms with Crippen LogP contribution < -0.4 is 31.2 Å². The molecule has 0 N–H and O–H groups in total. The molecular formula is C35H51BrN2O2S. The number of ether oxygens (including phenoxy) is 1. The summed E-state index contributed by atoms with van der Waals surface area (Å²) in [4.78, 5) is 16.0. The number of benzene rings is 2. The minimum absolute atomic E-state index is 0. The maximum absolute atomic E-state index is 12.8. The van der Waals surface area contributed by atoms with Crippen LogP contribution in [0.15, 0.2) is 60.2 Å². The fourth-order valence-electron chi connectivity index (χ4n) is 5.04. The lowest BCUT2D eigenvalue weighted by Gasteiger charge is -2.23. The van der Waals surface area contributed by atoms with E-state index < -0.39 is 0 Å². The first-order valence-corrected chi connectivity index (χ1v) is 16.5. The van der Waals surface area contributed by atoms with Crippen LogP contribution in [0.25, 0.3) is 0 Å². The van der Waals surface area contributed by atoms with Crippen LogP contribution in [0.4, 0.5) is 5.69 Å². The Hall–Kier alpha value is -2.18. The number of hydrogen-bond donors (Lipinski definition) is 0. The van der Waals surface area contributed by atoms with E-state index in [0.717, 1.165) is 36.6 Å². The fourth-order valence-corrected chi connectivity index (χ4v) is 5.67. The Balaban J connectivity index is 0.00000588. The SMILES string of the molecule is CCCCCCCCCCCCCCOc1ccc(CN(C(=O)CC)c2ccc(C[n+]3csc(C)c3)cc2)cc1.[Br-]. The van der Waals surface area contributed by atoms with Crippen molar-refractivity contribution in [1.82, 2.24) is 0 Å². The first-order valence-electron chi connectivity index (χ1n) is 15.6. The van der Waals surface area contributed by atoms with Crippen molar-refractivity contribution in [3.63, 3.8) is 0 Å². The summed E-state index contributed by atoms with van der Waals surface area (Å²) in [6, 6.07) is 16.6. The number of anilines is 1. The highest BCUT2D eigenvalue weighted by Gasteiger charge is 2.15. The molecule has 0 unspecified atom stereocenters. The van der Waals surface area contributed by atoms with Crippen molar-refractivity contribution in [3.8, 4) is 5.75 Å². The standard InChI is InChI=1S/C35H51N2O2S.BrH/c1-4-6-7-8-9-10-11-12-13-14-15-16-25-39-34-23-19-32(20-24-34)28-37(35(38)5-2)33-21-17-31(18-22-33)27-36-26-30(3)40-29-36;/h17-24,26,29H,4-16,25,27-28H2,1-3H3;1H/q+1;/p-1. The Bertz CT molecular complexity index is 1100. The van der Waals surface area contributed by atoms with Crippen molar-refractivity contribution in [2.24, 2.45) is 0 Å². The summed E-state index contributed by atoms with van der Waals surface area (Å²) in [7, 11) is 0. The lowest BCUT2D eigenvalue weighted by atomic mass is 10.1. The van der Waals surface area contributed by atoms with E-state index in [0.29, 0.717) is 13.0 Å². The molecule has 0 fully saturated rings. The van der Waals surface area contributed by atoms with Gasteiger partial charge in [-0.25, -0.2) is 0 Å². The van der Waals surface area contributed by atoms with E-state index in [1.165, 1.54) is 81.1 Å². The van der Waals surface area contributed by atoms with Gasteiger partial charge in [0.1, 0.15) is 5.75 Å². The number of halogens is 1. The second-order valence-electron chi connectivity index (χ2n) is 11.0. The summed E-state index contributed by atoms with van der Waals surface area (Å²) in [6.45, 7) is 8.49. The van der Waals surface area contributed by atoms with Gasteiger partial charge >= 0.3 is 0 Å². The zero-order chi connectivity index (χ0) is 28.4. The number of carbonyl (C=O) groups excluding carboxylic acids is 1. The van der Waals surface area contributed by atoms with Gasteiger partial charge in [0.2, 0.25) is 11.4 Å². The Kier molecular flexibility index (Phi) is 17.6. The summed E-state index contributed by atoms with van der Waals surface area (Å²) < 4.78 is 8.19. The highest BCUT2D eigenvalue weighted by atomic mass is 79.9. The second kappa shape index (κ2) is 20.7. The number of rotatable bonds is 20. The van der Waals surface area contributed by atoms with Crippen molar-refractivity contribution >= 4 is 22.9 Å². The highest BCUT2D eigenvalue weighted by Crippen LogP contribution is 2.21. The predicted molar refractivity (Wildman–Crippen MR) is 169 cm³/mol. The molecule has 0 aliphatic carbocycles. The molecule has 2 aromatic carbocycles. The molecule has 1 aromatic heterocycles. The summed E-state index contributed by atoms with van der Waals surface area (Å²) in [5.74, 6) is 1.04. The van der Waals surface area contributed by atoms with E-state index in [2.05, 4.69) is 66.5 Å². The smallest absolute Gasteiger partial charge is 0.227 e. The van der Waals surface area contributed by atoms with Crippen LogP contribution in [-0.2, 0) is 17.9 Å². The van der Waals surface area contributed by atoms with Crippen LogP contribution in [-0.4, -0.2) is 12.5 Å². The second-order valence-corrected chi connectivity index (χ2v) is 12.1. The third-order valence-corrected chi connectivity index (χ3v) is 8.32. The fraction of sp³-hybridized carbons (Fsp3) is 0.543. The predicted octanol–water partition coefficient (Wildman–Crippen LogP) is 6.42. The van der Waals surface area contributed by atoms with Gasteiger partial charge in [-0.1, -0.05) is 120 Å². The number of amides is 1. The average molecular weight is 644 g/mol. The van der Waals surface area contributed by atoms with Crippen LogP contribution in [0.2, 0.25) is 0 Å². The van der Waals surface area contributed by atoms with E-state index in [-0.39, 0.29) is 22.9 Å². The number of unbranched alkanes of at least 4 members (excludes halogenated alkanes) is 11. The molecule has 4 nitrogen and oxygen atoms in total.